The fourth-order valence-corrected chi connectivity index (χ4v) is 2.51. The third kappa shape index (κ3) is 3.10. The van der Waals surface area contributed by atoms with Crippen LogP contribution in [0.25, 0.3) is 0 Å². The van der Waals surface area contributed by atoms with Crippen molar-refractivity contribution < 1.29 is 0 Å². The molecule has 1 atom stereocenters. The molecule has 0 amide bonds. The molecular formula is C13H22N4O. The van der Waals surface area contributed by atoms with E-state index in [0.29, 0.717) is 5.92 Å². The van der Waals surface area contributed by atoms with Gasteiger partial charge in [0.25, 0.3) is 5.56 Å². The van der Waals surface area contributed by atoms with Crippen LogP contribution in [0, 0.1) is 5.92 Å². The van der Waals surface area contributed by atoms with Crippen molar-refractivity contribution in [2.75, 3.05) is 38.6 Å². The summed E-state index contributed by atoms with van der Waals surface area (Å²) in [5, 5.41) is 0. The maximum Gasteiger partial charge on any atom is 0.252 e. The van der Waals surface area contributed by atoms with Gasteiger partial charge in [0.1, 0.15) is 11.6 Å². The lowest BCUT2D eigenvalue weighted by Crippen LogP contribution is -2.29. The molecule has 5 heteroatoms. The summed E-state index contributed by atoms with van der Waals surface area (Å²) in [6.07, 6.45) is 1.98. The van der Waals surface area contributed by atoms with E-state index in [0.717, 1.165) is 31.2 Å². The number of rotatable bonds is 4. The van der Waals surface area contributed by atoms with E-state index in [-0.39, 0.29) is 5.56 Å². The summed E-state index contributed by atoms with van der Waals surface area (Å²) in [6, 6.07) is 1.58. The molecule has 1 aliphatic heterocycles. The van der Waals surface area contributed by atoms with E-state index in [4.69, 9.17) is 0 Å². The zero-order chi connectivity index (χ0) is 13.1. The van der Waals surface area contributed by atoms with Crippen molar-refractivity contribution in [2.24, 2.45) is 5.92 Å². The van der Waals surface area contributed by atoms with Gasteiger partial charge in [-0.1, -0.05) is 6.92 Å². The van der Waals surface area contributed by atoms with E-state index in [1.165, 1.54) is 13.0 Å². The Bertz CT molecular complexity index is 457. The summed E-state index contributed by atoms with van der Waals surface area (Å²) in [6.45, 7) is 5.26. The average molecular weight is 250 g/mol. The van der Waals surface area contributed by atoms with Gasteiger partial charge in [-0.15, -0.1) is 0 Å². The molecule has 2 rings (SSSR count). The Balaban J connectivity index is 2.06. The van der Waals surface area contributed by atoms with Crippen LogP contribution < -0.4 is 10.5 Å². The second-order valence-corrected chi connectivity index (χ2v) is 5.20. The summed E-state index contributed by atoms with van der Waals surface area (Å²) < 4.78 is 0. The van der Waals surface area contributed by atoms with Crippen LogP contribution in [0.15, 0.2) is 10.9 Å². The molecule has 1 saturated heterocycles. The number of likely N-dealkylation sites (tertiary alicyclic amines) is 1. The molecule has 0 bridgehead atoms. The molecule has 0 aliphatic carbocycles. The highest BCUT2D eigenvalue weighted by Gasteiger charge is 2.21. The SMILES string of the molecule is CCc1nc(N(C)CC2CCN(C)C2)cc(=O)[nH]1. The number of aryl methyl sites for hydroxylation is 1. The lowest BCUT2D eigenvalue weighted by Gasteiger charge is -2.22. The number of H-pyrrole nitrogens is 1. The second-order valence-electron chi connectivity index (χ2n) is 5.20. The fourth-order valence-electron chi connectivity index (χ4n) is 2.51. The Labute approximate surface area is 108 Å². The molecular weight excluding hydrogens is 228 g/mol. The lowest BCUT2D eigenvalue weighted by molar-refractivity contribution is 0.395. The fraction of sp³-hybridized carbons (Fsp3) is 0.692. The van der Waals surface area contributed by atoms with Gasteiger partial charge in [-0.05, 0) is 25.9 Å². The van der Waals surface area contributed by atoms with Gasteiger partial charge >= 0.3 is 0 Å². The molecule has 0 spiro atoms. The van der Waals surface area contributed by atoms with E-state index in [9.17, 15) is 4.79 Å². The maximum absolute atomic E-state index is 11.5. The van der Waals surface area contributed by atoms with Crippen LogP contribution in [0.3, 0.4) is 0 Å². The summed E-state index contributed by atoms with van der Waals surface area (Å²) in [5.41, 5.74) is -0.0627. The minimum absolute atomic E-state index is 0.0627. The van der Waals surface area contributed by atoms with Crippen molar-refractivity contribution in [3.05, 3.63) is 22.2 Å². The number of aromatic amines is 1. The number of aromatic nitrogens is 2. The number of nitrogens with zero attached hydrogens (tertiary/aromatic N) is 3. The Morgan fingerprint density at radius 2 is 2.39 bits per heavy atom. The highest BCUT2D eigenvalue weighted by Crippen LogP contribution is 2.17. The van der Waals surface area contributed by atoms with Gasteiger partial charge in [0.15, 0.2) is 0 Å². The summed E-state index contributed by atoms with van der Waals surface area (Å²) in [7, 11) is 4.17. The van der Waals surface area contributed by atoms with Gasteiger partial charge in [0, 0.05) is 32.6 Å². The van der Waals surface area contributed by atoms with Gasteiger partial charge in [-0.3, -0.25) is 4.79 Å². The normalized spacial score (nSPS) is 20.3. The molecule has 0 saturated carbocycles. The van der Waals surface area contributed by atoms with Crippen LogP contribution in [-0.2, 0) is 6.42 Å². The number of hydrogen-bond donors (Lipinski definition) is 1. The predicted octanol–water partition coefficient (Wildman–Crippen LogP) is 0.720. The van der Waals surface area contributed by atoms with Crippen molar-refractivity contribution in [1.82, 2.24) is 14.9 Å². The molecule has 1 aromatic rings. The minimum atomic E-state index is -0.0627. The van der Waals surface area contributed by atoms with Gasteiger partial charge < -0.3 is 14.8 Å². The molecule has 18 heavy (non-hydrogen) atoms. The third-order valence-corrected chi connectivity index (χ3v) is 3.52. The lowest BCUT2D eigenvalue weighted by atomic mass is 10.1. The number of hydrogen-bond acceptors (Lipinski definition) is 4. The third-order valence-electron chi connectivity index (χ3n) is 3.52. The smallest absolute Gasteiger partial charge is 0.252 e. The zero-order valence-electron chi connectivity index (χ0n) is 11.4. The van der Waals surface area contributed by atoms with Crippen LogP contribution in [0.2, 0.25) is 0 Å². The molecule has 1 aliphatic rings. The molecule has 0 radical (unpaired) electrons. The predicted molar refractivity (Wildman–Crippen MR) is 73.1 cm³/mol. The standard InChI is InChI=1S/C13H22N4O/c1-4-11-14-12(7-13(18)15-11)17(3)9-10-5-6-16(2)8-10/h7,10H,4-6,8-9H2,1-3H3,(H,14,15,18). The van der Waals surface area contributed by atoms with E-state index in [2.05, 4.69) is 26.8 Å². The average Bonchev–Trinajstić information content (AvgIpc) is 2.73. The number of anilines is 1. The first-order valence-electron chi connectivity index (χ1n) is 6.58. The first-order valence-corrected chi connectivity index (χ1v) is 6.58. The van der Waals surface area contributed by atoms with Gasteiger partial charge in [0.2, 0.25) is 0 Å². The van der Waals surface area contributed by atoms with Crippen molar-refractivity contribution in [3.8, 4) is 0 Å². The maximum atomic E-state index is 11.5. The van der Waals surface area contributed by atoms with Gasteiger partial charge in [-0.2, -0.15) is 0 Å². The first-order chi connectivity index (χ1) is 8.58. The van der Waals surface area contributed by atoms with Crippen LogP contribution in [0.4, 0.5) is 5.82 Å². The summed E-state index contributed by atoms with van der Waals surface area (Å²) in [5.74, 6) is 2.21. The Morgan fingerprint density at radius 1 is 1.61 bits per heavy atom. The van der Waals surface area contributed by atoms with E-state index >= 15 is 0 Å². The quantitative estimate of drug-likeness (QED) is 0.855. The van der Waals surface area contributed by atoms with Crippen molar-refractivity contribution in [3.63, 3.8) is 0 Å². The van der Waals surface area contributed by atoms with E-state index in [1.807, 2.05) is 14.0 Å². The van der Waals surface area contributed by atoms with E-state index in [1.54, 1.807) is 6.07 Å². The molecule has 2 heterocycles. The van der Waals surface area contributed by atoms with Crippen molar-refractivity contribution in [2.45, 2.75) is 19.8 Å². The molecule has 1 unspecified atom stereocenters. The largest absolute Gasteiger partial charge is 0.359 e. The van der Waals surface area contributed by atoms with Crippen molar-refractivity contribution >= 4 is 5.82 Å². The molecule has 1 fully saturated rings. The molecule has 1 N–H and O–H groups in total. The van der Waals surface area contributed by atoms with Gasteiger partial charge in [-0.25, -0.2) is 4.98 Å². The van der Waals surface area contributed by atoms with Crippen LogP contribution in [0.1, 0.15) is 19.2 Å². The second kappa shape index (κ2) is 5.52. The Kier molecular flexibility index (Phi) is 4.01. The molecule has 100 valence electrons. The Hall–Kier alpha value is -1.36. The van der Waals surface area contributed by atoms with Crippen LogP contribution in [0.5, 0.6) is 0 Å². The summed E-state index contributed by atoms with van der Waals surface area (Å²) >= 11 is 0. The molecule has 1 aromatic heterocycles. The van der Waals surface area contributed by atoms with Crippen LogP contribution in [-0.4, -0.2) is 48.6 Å². The first kappa shape index (κ1) is 13.1. The zero-order valence-corrected chi connectivity index (χ0v) is 11.4. The highest BCUT2D eigenvalue weighted by atomic mass is 16.1. The summed E-state index contributed by atoms with van der Waals surface area (Å²) in [4.78, 5) is 23.2. The highest BCUT2D eigenvalue weighted by molar-refractivity contribution is 5.36. The monoisotopic (exact) mass is 250 g/mol. The van der Waals surface area contributed by atoms with E-state index < -0.39 is 0 Å². The van der Waals surface area contributed by atoms with Gasteiger partial charge in [0.05, 0.1) is 0 Å². The Morgan fingerprint density at radius 3 is 3.00 bits per heavy atom. The molecule has 5 nitrogen and oxygen atoms in total. The van der Waals surface area contributed by atoms with Crippen LogP contribution >= 0.6 is 0 Å². The number of nitrogens with one attached hydrogen (secondary N) is 1. The molecule has 0 aromatic carbocycles. The van der Waals surface area contributed by atoms with Crippen molar-refractivity contribution in [1.29, 1.82) is 0 Å². The minimum Gasteiger partial charge on any atom is -0.359 e. The topological polar surface area (TPSA) is 52.2 Å².